The van der Waals surface area contributed by atoms with Crippen molar-refractivity contribution in [2.75, 3.05) is 26.4 Å². The predicted octanol–water partition coefficient (Wildman–Crippen LogP) is 19.2. The van der Waals surface area contributed by atoms with Crippen LogP contribution in [0.5, 0.6) is 0 Å². The zero-order valence-corrected chi connectivity index (χ0v) is 47.4. The van der Waals surface area contributed by atoms with Gasteiger partial charge in [0.1, 0.15) is 6.61 Å². The summed E-state index contributed by atoms with van der Waals surface area (Å²) in [6.07, 6.45) is 65.8. The van der Waals surface area contributed by atoms with Crippen molar-refractivity contribution in [1.82, 2.24) is 0 Å². The van der Waals surface area contributed by atoms with E-state index in [9.17, 15) is 19.0 Å². The maximum atomic E-state index is 12.7. The number of ether oxygens (including phenoxy) is 2. The van der Waals surface area contributed by atoms with E-state index in [-0.39, 0.29) is 38.6 Å². The first-order valence-corrected chi connectivity index (χ1v) is 32.2. The minimum Gasteiger partial charge on any atom is -0.462 e. The lowest BCUT2D eigenvalue weighted by molar-refractivity contribution is -0.161. The first-order chi connectivity index (χ1) is 34.3. The van der Waals surface area contributed by atoms with E-state index in [0.717, 1.165) is 44.9 Å². The van der Waals surface area contributed by atoms with E-state index < -0.39 is 26.5 Å². The predicted molar refractivity (Wildman–Crippen MR) is 298 cm³/mol. The highest BCUT2D eigenvalue weighted by atomic mass is 31.2. The Labute approximate surface area is 434 Å². The van der Waals surface area contributed by atoms with Gasteiger partial charge in [0.25, 0.3) is 0 Å². The highest BCUT2D eigenvalue weighted by Gasteiger charge is 2.26. The smallest absolute Gasteiger partial charge is 0.462 e. The molecule has 2 unspecified atom stereocenters. The van der Waals surface area contributed by atoms with Crippen LogP contribution in [-0.2, 0) is 32.7 Å². The Morgan fingerprint density at radius 3 is 1.01 bits per heavy atom. The highest BCUT2D eigenvalue weighted by molar-refractivity contribution is 7.47. The van der Waals surface area contributed by atoms with Crippen LogP contribution in [0.15, 0.2) is 12.2 Å². The summed E-state index contributed by atoms with van der Waals surface area (Å²) in [6.45, 7) is 3.80. The molecule has 0 radical (unpaired) electrons. The average molecular weight is 1010 g/mol. The van der Waals surface area contributed by atoms with Crippen molar-refractivity contribution in [3.63, 3.8) is 0 Å². The second-order valence-electron chi connectivity index (χ2n) is 20.9. The highest BCUT2D eigenvalue weighted by Crippen LogP contribution is 2.43. The number of hydrogen-bond donors (Lipinski definition) is 2. The molecule has 0 fully saturated rings. The fraction of sp³-hybridized carbons (Fsp3) is 0.933. The van der Waals surface area contributed by atoms with Crippen molar-refractivity contribution in [2.45, 2.75) is 335 Å². The number of rotatable bonds is 59. The molecular formula is C60H118NO8P. The second-order valence-corrected chi connectivity index (χ2v) is 22.4. The number of unbranched alkanes of at least 4 members (excludes halogenated alkanes) is 44. The minimum atomic E-state index is -4.38. The Balaban J connectivity index is 3.81. The monoisotopic (exact) mass is 1010 g/mol. The van der Waals surface area contributed by atoms with Gasteiger partial charge in [-0.25, -0.2) is 4.57 Å². The van der Waals surface area contributed by atoms with Crippen LogP contribution in [-0.4, -0.2) is 49.3 Å². The molecule has 0 rings (SSSR count). The quantitative estimate of drug-likeness (QED) is 0.0264. The minimum absolute atomic E-state index is 0.0559. The molecule has 0 aromatic rings. The molecule has 0 saturated heterocycles. The Morgan fingerprint density at radius 1 is 0.414 bits per heavy atom. The van der Waals surface area contributed by atoms with Gasteiger partial charge >= 0.3 is 19.8 Å². The molecule has 0 saturated carbocycles. The molecular weight excluding hydrogens is 894 g/mol. The maximum absolute atomic E-state index is 12.7. The number of hydrogen-bond acceptors (Lipinski definition) is 8. The topological polar surface area (TPSA) is 134 Å². The van der Waals surface area contributed by atoms with Gasteiger partial charge in [-0.1, -0.05) is 289 Å². The van der Waals surface area contributed by atoms with E-state index in [1.807, 2.05) is 0 Å². The maximum Gasteiger partial charge on any atom is 0.472 e. The molecule has 0 heterocycles. The Hall–Kier alpha value is -1.25. The number of carbonyl (C=O) groups excluding carboxylic acids is 2. The van der Waals surface area contributed by atoms with Crippen LogP contribution in [0.4, 0.5) is 0 Å². The lowest BCUT2D eigenvalue weighted by atomic mass is 10.0. The van der Waals surface area contributed by atoms with E-state index in [2.05, 4.69) is 26.0 Å². The Morgan fingerprint density at radius 2 is 0.700 bits per heavy atom. The SMILES string of the molecule is CCCCCCCC/C=C\CCCCCCCCCC(=O)OC(COC(=O)CCCCCCCCCCCCCCCCCCCCCCCCCCCCCCCCCC)COP(=O)(O)OCCN. The third kappa shape index (κ3) is 56.1. The summed E-state index contributed by atoms with van der Waals surface area (Å²) in [4.78, 5) is 35.2. The fourth-order valence-corrected chi connectivity index (χ4v) is 10.1. The number of carbonyl (C=O) groups is 2. The van der Waals surface area contributed by atoms with Crippen LogP contribution in [0.3, 0.4) is 0 Å². The number of phosphoric ester groups is 1. The summed E-state index contributed by atoms with van der Waals surface area (Å²) < 4.78 is 33.0. The molecule has 0 aromatic heterocycles. The number of nitrogens with two attached hydrogens (primary N) is 1. The zero-order valence-electron chi connectivity index (χ0n) is 46.5. The van der Waals surface area contributed by atoms with Crippen molar-refractivity contribution < 1.29 is 37.6 Å². The molecule has 0 amide bonds. The van der Waals surface area contributed by atoms with Gasteiger partial charge in [0.15, 0.2) is 6.10 Å². The van der Waals surface area contributed by atoms with Crippen molar-refractivity contribution in [1.29, 1.82) is 0 Å². The first kappa shape index (κ1) is 68.8. The summed E-state index contributed by atoms with van der Waals surface area (Å²) in [5, 5.41) is 0. The normalized spacial score (nSPS) is 13.0. The molecule has 10 heteroatoms. The van der Waals surface area contributed by atoms with Gasteiger partial charge in [-0.15, -0.1) is 0 Å². The van der Waals surface area contributed by atoms with Gasteiger partial charge in [-0.3, -0.25) is 18.6 Å². The third-order valence-electron chi connectivity index (χ3n) is 13.9. The van der Waals surface area contributed by atoms with Gasteiger partial charge in [0, 0.05) is 19.4 Å². The van der Waals surface area contributed by atoms with E-state index >= 15 is 0 Å². The van der Waals surface area contributed by atoms with E-state index in [1.165, 1.54) is 250 Å². The molecule has 0 spiro atoms. The van der Waals surface area contributed by atoms with E-state index in [1.54, 1.807) is 0 Å². The lowest BCUT2D eigenvalue weighted by Crippen LogP contribution is -2.29. The van der Waals surface area contributed by atoms with Crippen LogP contribution in [0.2, 0.25) is 0 Å². The molecule has 0 bridgehead atoms. The fourth-order valence-electron chi connectivity index (χ4n) is 9.34. The molecule has 0 aliphatic carbocycles. The van der Waals surface area contributed by atoms with Gasteiger partial charge in [-0.05, 0) is 38.5 Å². The van der Waals surface area contributed by atoms with Gasteiger partial charge < -0.3 is 20.1 Å². The third-order valence-corrected chi connectivity index (χ3v) is 14.9. The van der Waals surface area contributed by atoms with Crippen LogP contribution < -0.4 is 5.73 Å². The molecule has 0 aromatic carbocycles. The summed E-state index contributed by atoms with van der Waals surface area (Å²) in [7, 11) is -4.38. The molecule has 0 aliphatic rings. The van der Waals surface area contributed by atoms with Crippen molar-refractivity contribution in [3.8, 4) is 0 Å². The summed E-state index contributed by atoms with van der Waals surface area (Å²) >= 11 is 0. The molecule has 0 aliphatic heterocycles. The Kier molecular flexibility index (Phi) is 56.0. The van der Waals surface area contributed by atoms with Gasteiger partial charge in [0.2, 0.25) is 0 Å². The second kappa shape index (κ2) is 57.0. The number of phosphoric acid groups is 1. The van der Waals surface area contributed by atoms with Gasteiger partial charge in [0.05, 0.1) is 13.2 Å². The van der Waals surface area contributed by atoms with Crippen LogP contribution >= 0.6 is 7.82 Å². The standard InChI is InChI=1S/C60H118NO8P/c1-3-5-7-9-11-13-15-17-19-21-22-23-24-25-26-27-28-29-30-31-32-33-34-35-37-38-40-42-44-46-48-50-52-59(62)66-56-58(57-68-70(64,65)67-55-54-61)69-60(63)53-51-49-47-45-43-41-39-36-20-18-16-14-12-10-8-6-4-2/h18,20,58H,3-17,19,21-57,61H2,1-2H3,(H,64,65)/b20-18-. The van der Waals surface area contributed by atoms with Crippen molar-refractivity contribution >= 4 is 19.8 Å². The molecule has 70 heavy (non-hydrogen) atoms. The molecule has 416 valence electrons. The van der Waals surface area contributed by atoms with Gasteiger partial charge in [-0.2, -0.15) is 0 Å². The van der Waals surface area contributed by atoms with Crippen LogP contribution in [0.1, 0.15) is 328 Å². The summed E-state index contributed by atoms with van der Waals surface area (Å²) in [5.41, 5.74) is 5.38. The number of allylic oxidation sites excluding steroid dienone is 2. The molecule has 3 N–H and O–H groups in total. The van der Waals surface area contributed by atoms with E-state index in [0.29, 0.717) is 6.42 Å². The number of esters is 2. The largest absolute Gasteiger partial charge is 0.472 e. The van der Waals surface area contributed by atoms with Crippen molar-refractivity contribution in [2.24, 2.45) is 5.73 Å². The summed E-state index contributed by atoms with van der Waals surface area (Å²) in [6, 6.07) is 0. The lowest BCUT2D eigenvalue weighted by Gasteiger charge is -2.19. The zero-order chi connectivity index (χ0) is 51.0. The van der Waals surface area contributed by atoms with Crippen molar-refractivity contribution in [3.05, 3.63) is 12.2 Å². The van der Waals surface area contributed by atoms with E-state index in [4.69, 9.17) is 24.3 Å². The average Bonchev–Trinajstić information content (AvgIpc) is 3.35. The van der Waals surface area contributed by atoms with Crippen LogP contribution in [0, 0.1) is 0 Å². The molecule has 2 atom stereocenters. The van der Waals surface area contributed by atoms with Crippen LogP contribution in [0.25, 0.3) is 0 Å². The Bertz CT molecular complexity index is 1150. The first-order valence-electron chi connectivity index (χ1n) is 30.7. The molecule has 9 nitrogen and oxygen atoms in total. The summed E-state index contributed by atoms with van der Waals surface area (Å²) in [5.74, 6) is -0.813.